The lowest BCUT2D eigenvalue weighted by molar-refractivity contribution is -0.127. The first-order valence-corrected chi connectivity index (χ1v) is 7.81. The van der Waals surface area contributed by atoms with Crippen LogP contribution in [0.1, 0.15) is 30.0 Å². The van der Waals surface area contributed by atoms with Crippen LogP contribution >= 0.6 is 0 Å². The Bertz CT molecular complexity index is 828. The molecule has 2 aromatic rings. The molecule has 0 aromatic carbocycles. The second-order valence-corrected chi connectivity index (χ2v) is 5.95. The number of aryl methyl sites for hydroxylation is 1. The second-order valence-electron chi connectivity index (χ2n) is 5.95. The molecule has 3 rings (SSSR count). The SMILES string of the molecule is CC1=C(C(=O)N(C)Cc2cc(C)on2)[C@H](c2cccnc2)NC(=O)N1. The number of urea groups is 1. The Morgan fingerprint density at radius 2 is 2.20 bits per heavy atom. The third-order valence-electron chi connectivity index (χ3n) is 3.94. The zero-order valence-corrected chi connectivity index (χ0v) is 14.2. The molecule has 8 nitrogen and oxygen atoms in total. The van der Waals surface area contributed by atoms with Crippen LogP contribution < -0.4 is 10.6 Å². The van der Waals surface area contributed by atoms with Crippen LogP contribution in [0.3, 0.4) is 0 Å². The van der Waals surface area contributed by atoms with Crippen molar-refractivity contribution in [1.29, 1.82) is 0 Å². The Kier molecular flexibility index (Phi) is 4.51. The number of aromatic nitrogens is 2. The van der Waals surface area contributed by atoms with E-state index in [2.05, 4.69) is 20.8 Å². The van der Waals surface area contributed by atoms with Gasteiger partial charge < -0.3 is 20.1 Å². The fraction of sp³-hybridized carbons (Fsp3) is 0.294. The van der Waals surface area contributed by atoms with Crippen LogP contribution in [0.25, 0.3) is 0 Å². The minimum atomic E-state index is -0.559. The number of rotatable bonds is 4. The molecule has 3 amide bonds. The van der Waals surface area contributed by atoms with Gasteiger partial charge in [0.1, 0.15) is 11.5 Å². The summed E-state index contributed by atoms with van der Waals surface area (Å²) in [5.74, 6) is 0.477. The zero-order valence-electron chi connectivity index (χ0n) is 14.2. The van der Waals surface area contributed by atoms with Crippen LogP contribution in [-0.4, -0.2) is 34.0 Å². The number of amides is 3. The summed E-state index contributed by atoms with van der Waals surface area (Å²) in [5, 5.41) is 9.36. The summed E-state index contributed by atoms with van der Waals surface area (Å²) >= 11 is 0. The van der Waals surface area contributed by atoms with Crippen molar-refractivity contribution < 1.29 is 14.1 Å². The van der Waals surface area contributed by atoms with E-state index in [1.807, 2.05) is 6.07 Å². The fourth-order valence-electron chi connectivity index (χ4n) is 2.79. The third-order valence-corrected chi connectivity index (χ3v) is 3.94. The molecular formula is C17H19N5O3. The predicted octanol–water partition coefficient (Wildman–Crippen LogP) is 1.66. The topological polar surface area (TPSA) is 100 Å². The summed E-state index contributed by atoms with van der Waals surface area (Å²) in [6, 6.07) is 4.46. The number of hydrogen-bond donors (Lipinski definition) is 2. The predicted molar refractivity (Wildman–Crippen MR) is 89.1 cm³/mol. The number of nitrogens with one attached hydrogen (secondary N) is 2. The minimum absolute atomic E-state index is 0.209. The van der Waals surface area contributed by atoms with Gasteiger partial charge >= 0.3 is 6.03 Å². The highest BCUT2D eigenvalue weighted by Gasteiger charge is 2.33. The van der Waals surface area contributed by atoms with E-state index < -0.39 is 6.04 Å². The van der Waals surface area contributed by atoms with Crippen molar-refractivity contribution in [2.24, 2.45) is 0 Å². The van der Waals surface area contributed by atoms with Crippen LogP contribution in [0.15, 0.2) is 46.4 Å². The van der Waals surface area contributed by atoms with Gasteiger partial charge in [-0.15, -0.1) is 0 Å². The molecule has 3 heterocycles. The van der Waals surface area contributed by atoms with E-state index in [0.717, 1.165) is 5.56 Å². The number of allylic oxidation sites excluding steroid dienone is 1. The second kappa shape index (κ2) is 6.76. The molecular weight excluding hydrogens is 322 g/mol. The number of pyridine rings is 1. The maximum Gasteiger partial charge on any atom is 0.319 e. The molecule has 2 N–H and O–H groups in total. The van der Waals surface area contributed by atoms with Gasteiger partial charge in [0, 0.05) is 31.2 Å². The molecule has 0 bridgehead atoms. The van der Waals surface area contributed by atoms with Crippen molar-refractivity contribution in [3.63, 3.8) is 0 Å². The maximum atomic E-state index is 13.0. The lowest BCUT2D eigenvalue weighted by atomic mass is 9.95. The standard InChI is InChI=1S/C17H19N5O3/c1-10-7-13(21-25-10)9-22(3)16(23)14-11(2)19-17(24)20-15(14)12-5-4-6-18-8-12/h4-8,15H,9H2,1-3H3,(H2,19,20,24)/t15-/m0/s1. The molecule has 2 aromatic heterocycles. The van der Waals surface area contributed by atoms with Gasteiger partial charge in [-0.2, -0.15) is 0 Å². The van der Waals surface area contributed by atoms with Gasteiger partial charge in [-0.3, -0.25) is 9.78 Å². The van der Waals surface area contributed by atoms with Gasteiger partial charge in [0.25, 0.3) is 5.91 Å². The van der Waals surface area contributed by atoms with E-state index in [9.17, 15) is 9.59 Å². The largest absolute Gasteiger partial charge is 0.361 e. The number of hydrogen-bond acceptors (Lipinski definition) is 5. The van der Waals surface area contributed by atoms with Gasteiger partial charge in [0.15, 0.2) is 0 Å². The highest BCUT2D eigenvalue weighted by Crippen LogP contribution is 2.27. The summed E-state index contributed by atoms with van der Waals surface area (Å²) in [5.41, 5.74) is 2.39. The molecule has 25 heavy (non-hydrogen) atoms. The highest BCUT2D eigenvalue weighted by atomic mass is 16.5. The first kappa shape index (κ1) is 16.7. The molecule has 0 radical (unpaired) electrons. The third kappa shape index (κ3) is 3.52. The van der Waals surface area contributed by atoms with Gasteiger partial charge in [-0.05, 0) is 25.5 Å². The summed E-state index contributed by atoms with van der Waals surface area (Å²) in [4.78, 5) is 30.5. The molecule has 0 saturated heterocycles. The van der Waals surface area contributed by atoms with E-state index >= 15 is 0 Å². The van der Waals surface area contributed by atoms with Crippen molar-refractivity contribution in [3.8, 4) is 0 Å². The van der Waals surface area contributed by atoms with Gasteiger partial charge in [-0.25, -0.2) is 4.79 Å². The van der Waals surface area contributed by atoms with E-state index in [-0.39, 0.29) is 11.9 Å². The molecule has 0 fully saturated rings. The average molecular weight is 341 g/mol. The lowest BCUT2D eigenvalue weighted by Crippen LogP contribution is -2.47. The molecule has 0 saturated carbocycles. The number of carbonyl (C=O) groups is 2. The van der Waals surface area contributed by atoms with Gasteiger partial charge in [0.2, 0.25) is 0 Å². The quantitative estimate of drug-likeness (QED) is 0.881. The first-order chi connectivity index (χ1) is 12.0. The van der Waals surface area contributed by atoms with Crippen LogP contribution in [0, 0.1) is 6.92 Å². The van der Waals surface area contributed by atoms with Crippen LogP contribution in [0.2, 0.25) is 0 Å². The molecule has 0 aliphatic carbocycles. The van der Waals surface area contributed by atoms with Crippen LogP contribution in [-0.2, 0) is 11.3 Å². The normalized spacial score (nSPS) is 17.1. The summed E-state index contributed by atoms with van der Waals surface area (Å²) in [6.07, 6.45) is 3.28. The Labute approximate surface area is 144 Å². The summed E-state index contributed by atoms with van der Waals surface area (Å²) < 4.78 is 5.04. The van der Waals surface area contributed by atoms with E-state index in [0.29, 0.717) is 29.3 Å². The van der Waals surface area contributed by atoms with Crippen molar-refractivity contribution >= 4 is 11.9 Å². The monoisotopic (exact) mass is 341 g/mol. The van der Waals surface area contributed by atoms with Crippen LogP contribution in [0.4, 0.5) is 4.79 Å². The highest BCUT2D eigenvalue weighted by molar-refractivity contribution is 5.98. The Balaban J connectivity index is 1.89. The maximum absolute atomic E-state index is 13.0. The minimum Gasteiger partial charge on any atom is -0.361 e. The van der Waals surface area contributed by atoms with Crippen molar-refractivity contribution in [1.82, 2.24) is 25.7 Å². The molecule has 1 aliphatic heterocycles. The zero-order chi connectivity index (χ0) is 18.0. The van der Waals surface area contributed by atoms with Crippen molar-refractivity contribution in [2.45, 2.75) is 26.4 Å². The van der Waals surface area contributed by atoms with Crippen molar-refractivity contribution in [2.75, 3.05) is 7.05 Å². The Morgan fingerprint density at radius 3 is 2.84 bits per heavy atom. The Hall–Kier alpha value is -3.16. The van der Waals surface area contributed by atoms with E-state index in [1.165, 1.54) is 0 Å². The first-order valence-electron chi connectivity index (χ1n) is 7.81. The number of carbonyl (C=O) groups excluding carboxylic acids is 2. The molecule has 1 aliphatic rings. The number of likely N-dealkylation sites (N-methyl/N-ethyl adjacent to an activating group) is 1. The molecule has 1 atom stereocenters. The van der Waals surface area contributed by atoms with Crippen LogP contribution in [0.5, 0.6) is 0 Å². The average Bonchev–Trinajstić information content (AvgIpc) is 2.99. The summed E-state index contributed by atoms with van der Waals surface area (Å²) in [6.45, 7) is 3.81. The fourth-order valence-corrected chi connectivity index (χ4v) is 2.79. The molecule has 0 unspecified atom stereocenters. The van der Waals surface area contributed by atoms with E-state index in [4.69, 9.17) is 4.52 Å². The van der Waals surface area contributed by atoms with Crippen molar-refractivity contribution in [3.05, 3.63) is 58.9 Å². The smallest absolute Gasteiger partial charge is 0.319 e. The molecule has 130 valence electrons. The van der Waals surface area contributed by atoms with Gasteiger partial charge in [-0.1, -0.05) is 11.2 Å². The van der Waals surface area contributed by atoms with Gasteiger partial charge in [0.05, 0.1) is 18.2 Å². The lowest BCUT2D eigenvalue weighted by Gasteiger charge is -2.30. The van der Waals surface area contributed by atoms with E-state index in [1.54, 1.807) is 50.3 Å². The Morgan fingerprint density at radius 1 is 1.40 bits per heavy atom. The summed E-state index contributed by atoms with van der Waals surface area (Å²) in [7, 11) is 1.68. The molecule has 8 heteroatoms. The molecule has 0 spiro atoms. The number of nitrogens with zero attached hydrogens (tertiary/aromatic N) is 3.